The number of carbonyl (C=O) groups is 1. The molecule has 0 aliphatic carbocycles. The quantitative estimate of drug-likeness (QED) is 0.771. The maximum Gasteiger partial charge on any atom is 0.410 e. The van der Waals surface area contributed by atoms with Gasteiger partial charge in [0.15, 0.2) is 0 Å². The third-order valence-electron chi connectivity index (χ3n) is 4.51. The van der Waals surface area contributed by atoms with Crippen molar-refractivity contribution in [2.24, 2.45) is 11.8 Å². The van der Waals surface area contributed by atoms with Gasteiger partial charge in [0.2, 0.25) is 0 Å². The first-order valence-electron chi connectivity index (χ1n) is 8.96. The van der Waals surface area contributed by atoms with Crippen LogP contribution in [-0.4, -0.2) is 42.3 Å². The molecule has 1 saturated heterocycles. The van der Waals surface area contributed by atoms with Gasteiger partial charge in [0.25, 0.3) is 0 Å². The van der Waals surface area contributed by atoms with Crippen LogP contribution in [0.3, 0.4) is 0 Å². The highest BCUT2D eigenvalue weighted by Gasteiger charge is 2.29. The van der Waals surface area contributed by atoms with Crippen LogP contribution in [0.15, 0.2) is 0 Å². The second-order valence-electron chi connectivity index (χ2n) is 7.84. The van der Waals surface area contributed by atoms with E-state index in [9.17, 15) is 4.79 Å². The van der Waals surface area contributed by atoms with Crippen LogP contribution in [0.5, 0.6) is 0 Å². The highest BCUT2D eigenvalue weighted by Crippen LogP contribution is 2.20. The van der Waals surface area contributed by atoms with Gasteiger partial charge in [-0.1, -0.05) is 27.2 Å². The molecule has 0 aromatic carbocycles. The van der Waals surface area contributed by atoms with Gasteiger partial charge in [-0.3, -0.25) is 0 Å². The van der Waals surface area contributed by atoms with E-state index in [2.05, 4.69) is 26.1 Å². The number of hydrogen-bond donors (Lipinski definition) is 1. The Kier molecular flexibility index (Phi) is 7.67. The monoisotopic (exact) mass is 312 g/mol. The molecule has 0 saturated carbocycles. The fourth-order valence-corrected chi connectivity index (χ4v) is 2.87. The van der Waals surface area contributed by atoms with Crippen molar-refractivity contribution in [2.45, 2.75) is 78.9 Å². The molecular formula is C18H36N2O2. The molecule has 4 nitrogen and oxygen atoms in total. The molecule has 0 radical (unpaired) electrons. The van der Waals surface area contributed by atoms with Crippen molar-refractivity contribution in [3.05, 3.63) is 0 Å². The Morgan fingerprint density at radius 3 is 2.55 bits per heavy atom. The zero-order chi connectivity index (χ0) is 16.8. The molecule has 1 heterocycles. The Labute approximate surface area is 137 Å². The highest BCUT2D eigenvalue weighted by molar-refractivity contribution is 5.68. The molecule has 0 aromatic heterocycles. The number of likely N-dealkylation sites (tertiary alicyclic amines) is 1. The summed E-state index contributed by atoms with van der Waals surface area (Å²) in [5.41, 5.74) is -0.406. The Morgan fingerprint density at radius 2 is 2.00 bits per heavy atom. The number of hydrogen-bond acceptors (Lipinski definition) is 3. The summed E-state index contributed by atoms with van der Waals surface area (Å²) in [6.45, 7) is 15.2. The number of amides is 1. The maximum atomic E-state index is 12.1. The van der Waals surface area contributed by atoms with E-state index in [0.717, 1.165) is 32.0 Å². The standard InChI is InChI=1S/C18H36N2O2/c1-7-14(3)11-16(8-2)19-12-15-9-10-20(13-15)17(21)22-18(4,5)6/h14-16,19H,7-13H2,1-6H3. The van der Waals surface area contributed by atoms with Gasteiger partial charge in [0.05, 0.1) is 0 Å². The van der Waals surface area contributed by atoms with Crippen LogP contribution in [-0.2, 0) is 4.74 Å². The fraction of sp³-hybridized carbons (Fsp3) is 0.944. The van der Waals surface area contributed by atoms with Gasteiger partial charge in [0.1, 0.15) is 5.60 Å². The minimum absolute atomic E-state index is 0.165. The van der Waals surface area contributed by atoms with Gasteiger partial charge in [-0.15, -0.1) is 0 Å². The van der Waals surface area contributed by atoms with Crippen LogP contribution in [0.1, 0.15) is 67.2 Å². The first kappa shape index (κ1) is 19.3. The number of ether oxygens (including phenoxy) is 1. The summed E-state index contributed by atoms with van der Waals surface area (Å²) in [5.74, 6) is 1.33. The molecule has 1 fully saturated rings. The van der Waals surface area contributed by atoms with Crippen LogP contribution in [0.4, 0.5) is 4.79 Å². The predicted octanol–water partition coefficient (Wildman–Crippen LogP) is 4.05. The van der Waals surface area contributed by atoms with Crippen LogP contribution in [0.2, 0.25) is 0 Å². The van der Waals surface area contributed by atoms with Crippen LogP contribution < -0.4 is 5.32 Å². The normalized spacial score (nSPS) is 21.7. The minimum atomic E-state index is -0.406. The summed E-state index contributed by atoms with van der Waals surface area (Å²) in [6.07, 6.45) is 4.57. The average molecular weight is 312 g/mol. The fourth-order valence-electron chi connectivity index (χ4n) is 2.87. The van der Waals surface area contributed by atoms with Gasteiger partial charge < -0.3 is 15.0 Å². The van der Waals surface area contributed by atoms with E-state index in [-0.39, 0.29) is 6.09 Å². The van der Waals surface area contributed by atoms with Gasteiger partial charge >= 0.3 is 6.09 Å². The second-order valence-corrected chi connectivity index (χ2v) is 7.84. The molecule has 130 valence electrons. The summed E-state index contributed by atoms with van der Waals surface area (Å²) in [4.78, 5) is 13.9. The number of carbonyl (C=O) groups excluding carboxylic acids is 1. The Balaban J connectivity index is 2.33. The molecule has 0 aromatic rings. The largest absolute Gasteiger partial charge is 0.444 e. The van der Waals surface area contributed by atoms with E-state index >= 15 is 0 Å². The van der Waals surface area contributed by atoms with Gasteiger partial charge in [0, 0.05) is 19.1 Å². The molecule has 1 aliphatic rings. The van der Waals surface area contributed by atoms with E-state index < -0.39 is 5.60 Å². The summed E-state index contributed by atoms with van der Waals surface area (Å²) in [7, 11) is 0. The van der Waals surface area contributed by atoms with Crippen molar-refractivity contribution < 1.29 is 9.53 Å². The Morgan fingerprint density at radius 1 is 1.32 bits per heavy atom. The van der Waals surface area contributed by atoms with Crippen LogP contribution >= 0.6 is 0 Å². The Hall–Kier alpha value is -0.770. The van der Waals surface area contributed by atoms with Gasteiger partial charge in [-0.2, -0.15) is 0 Å². The molecule has 1 N–H and O–H groups in total. The molecule has 0 spiro atoms. The minimum Gasteiger partial charge on any atom is -0.444 e. The van der Waals surface area contributed by atoms with Crippen molar-refractivity contribution in [3.63, 3.8) is 0 Å². The SMILES string of the molecule is CCC(C)CC(CC)NCC1CCN(C(=O)OC(C)(C)C)C1. The van der Waals surface area contributed by atoms with E-state index in [1.165, 1.54) is 19.3 Å². The predicted molar refractivity (Wildman–Crippen MR) is 92.1 cm³/mol. The molecule has 4 heteroatoms. The highest BCUT2D eigenvalue weighted by atomic mass is 16.6. The lowest BCUT2D eigenvalue weighted by Crippen LogP contribution is -2.37. The molecule has 1 aliphatic heterocycles. The number of rotatable bonds is 7. The van der Waals surface area contributed by atoms with Crippen molar-refractivity contribution >= 4 is 6.09 Å². The Bertz CT molecular complexity index is 338. The van der Waals surface area contributed by atoms with Crippen molar-refractivity contribution in [3.8, 4) is 0 Å². The maximum absolute atomic E-state index is 12.1. The third-order valence-corrected chi connectivity index (χ3v) is 4.51. The first-order valence-corrected chi connectivity index (χ1v) is 8.96. The topological polar surface area (TPSA) is 41.6 Å². The molecule has 3 unspecified atom stereocenters. The lowest BCUT2D eigenvalue weighted by molar-refractivity contribution is 0.0288. The van der Waals surface area contributed by atoms with E-state index in [1.807, 2.05) is 25.7 Å². The van der Waals surface area contributed by atoms with Crippen molar-refractivity contribution in [2.75, 3.05) is 19.6 Å². The molecule has 1 rings (SSSR count). The van der Waals surface area contributed by atoms with Crippen molar-refractivity contribution in [1.29, 1.82) is 0 Å². The van der Waals surface area contributed by atoms with Gasteiger partial charge in [-0.05, 0) is 58.4 Å². The zero-order valence-corrected chi connectivity index (χ0v) is 15.4. The second kappa shape index (κ2) is 8.76. The third kappa shape index (κ3) is 6.99. The van der Waals surface area contributed by atoms with E-state index in [4.69, 9.17) is 4.74 Å². The average Bonchev–Trinajstić information content (AvgIpc) is 2.90. The molecule has 1 amide bonds. The summed E-state index contributed by atoms with van der Waals surface area (Å²) in [5, 5.41) is 3.71. The number of nitrogens with one attached hydrogen (secondary N) is 1. The van der Waals surface area contributed by atoms with Crippen LogP contribution in [0, 0.1) is 11.8 Å². The van der Waals surface area contributed by atoms with Gasteiger partial charge in [-0.25, -0.2) is 4.79 Å². The molecule has 0 bridgehead atoms. The summed E-state index contributed by atoms with van der Waals surface area (Å²) in [6, 6.07) is 0.602. The molecule has 3 atom stereocenters. The van der Waals surface area contributed by atoms with Crippen molar-refractivity contribution in [1.82, 2.24) is 10.2 Å². The summed E-state index contributed by atoms with van der Waals surface area (Å²) < 4.78 is 5.45. The number of nitrogens with zero attached hydrogens (tertiary/aromatic N) is 1. The van der Waals surface area contributed by atoms with Crippen LogP contribution in [0.25, 0.3) is 0 Å². The first-order chi connectivity index (χ1) is 10.2. The lowest BCUT2D eigenvalue weighted by atomic mass is 9.97. The zero-order valence-electron chi connectivity index (χ0n) is 15.4. The summed E-state index contributed by atoms with van der Waals surface area (Å²) >= 11 is 0. The smallest absolute Gasteiger partial charge is 0.410 e. The van der Waals surface area contributed by atoms with E-state index in [0.29, 0.717) is 12.0 Å². The molecular weight excluding hydrogens is 276 g/mol. The lowest BCUT2D eigenvalue weighted by Gasteiger charge is -2.25. The van der Waals surface area contributed by atoms with E-state index in [1.54, 1.807) is 0 Å². The molecule has 22 heavy (non-hydrogen) atoms.